The maximum absolute atomic E-state index is 10.9. The largest absolute Gasteiger partial charge is 0.475 e. The number of carboxylic acids is 1. The summed E-state index contributed by atoms with van der Waals surface area (Å²) in [7, 11) is 0. The Kier molecular flexibility index (Phi) is 2.87. The molecular formula is C13H12N2O2. The maximum Gasteiger partial charge on any atom is 0.373 e. The molecule has 0 aliphatic rings. The standard InChI is InChI=1S/C13H12N2O2/c1-8-5-3-4-6-10(8)11-7-9(2)14-12(15-11)13(16)17/h3-7H,1-2H3,(H,16,17). The highest BCUT2D eigenvalue weighted by Gasteiger charge is 2.11. The molecular weight excluding hydrogens is 216 g/mol. The van der Waals surface area contributed by atoms with Crippen molar-refractivity contribution in [2.24, 2.45) is 0 Å². The van der Waals surface area contributed by atoms with Crippen LogP contribution < -0.4 is 0 Å². The van der Waals surface area contributed by atoms with Crippen molar-refractivity contribution in [3.05, 3.63) is 47.4 Å². The second kappa shape index (κ2) is 4.33. The van der Waals surface area contributed by atoms with Crippen molar-refractivity contribution in [1.29, 1.82) is 0 Å². The van der Waals surface area contributed by atoms with Crippen molar-refractivity contribution in [3.63, 3.8) is 0 Å². The first-order valence-electron chi connectivity index (χ1n) is 5.23. The SMILES string of the molecule is Cc1cc(-c2ccccc2C)nc(C(=O)O)n1. The predicted molar refractivity (Wildman–Crippen MR) is 63.9 cm³/mol. The van der Waals surface area contributed by atoms with Gasteiger partial charge in [-0.3, -0.25) is 0 Å². The number of nitrogens with zero attached hydrogens (tertiary/aromatic N) is 2. The van der Waals surface area contributed by atoms with Gasteiger partial charge in [-0.25, -0.2) is 14.8 Å². The average molecular weight is 228 g/mol. The Hall–Kier alpha value is -2.23. The molecule has 0 unspecified atom stereocenters. The van der Waals surface area contributed by atoms with Crippen LogP contribution in [0.15, 0.2) is 30.3 Å². The molecule has 2 aromatic rings. The number of carboxylic acid groups (broad SMARTS) is 1. The minimum Gasteiger partial charge on any atom is -0.475 e. The van der Waals surface area contributed by atoms with Crippen LogP contribution in [0.2, 0.25) is 0 Å². The number of rotatable bonds is 2. The molecule has 0 spiro atoms. The zero-order valence-electron chi connectivity index (χ0n) is 9.64. The third kappa shape index (κ3) is 2.30. The van der Waals surface area contributed by atoms with Crippen LogP contribution in [0.1, 0.15) is 21.9 Å². The lowest BCUT2D eigenvalue weighted by molar-refractivity contribution is 0.0683. The van der Waals surface area contributed by atoms with Gasteiger partial charge in [0.1, 0.15) is 0 Å². The van der Waals surface area contributed by atoms with E-state index in [1.807, 2.05) is 31.2 Å². The van der Waals surface area contributed by atoms with Gasteiger partial charge in [-0.1, -0.05) is 24.3 Å². The fourth-order valence-electron chi connectivity index (χ4n) is 1.66. The minimum absolute atomic E-state index is 0.164. The van der Waals surface area contributed by atoms with Crippen molar-refractivity contribution in [2.45, 2.75) is 13.8 Å². The molecule has 0 aliphatic carbocycles. The third-order valence-corrected chi connectivity index (χ3v) is 2.47. The summed E-state index contributed by atoms with van der Waals surface area (Å²) in [6.45, 7) is 3.73. The molecule has 4 heteroatoms. The van der Waals surface area contributed by atoms with Gasteiger partial charge in [-0.15, -0.1) is 0 Å². The van der Waals surface area contributed by atoms with Crippen molar-refractivity contribution in [2.75, 3.05) is 0 Å². The van der Waals surface area contributed by atoms with E-state index in [1.54, 1.807) is 13.0 Å². The zero-order valence-corrected chi connectivity index (χ0v) is 9.64. The molecule has 0 amide bonds. The highest BCUT2D eigenvalue weighted by atomic mass is 16.4. The molecule has 0 atom stereocenters. The summed E-state index contributed by atoms with van der Waals surface area (Å²) >= 11 is 0. The Morgan fingerprint density at radius 2 is 1.88 bits per heavy atom. The van der Waals surface area contributed by atoms with Crippen molar-refractivity contribution in [3.8, 4) is 11.3 Å². The molecule has 1 aromatic carbocycles. The Bertz CT molecular complexity index is 579. The van der Waals surface area contributed by atoms with E-state index < -0.39 is 5.97 Å². The molecule has 0 radical (unpaired) electrons. The van der Waals surface area contributed by atoms with Gasteiger partial charge < -0.3 is 5.11 Å². The summed E-state index contributed by atoms with van der Waals surface area (Å²) in [5.74, 6) is -1.27. The second-order valence-electron chi connectivity index (χ2n) is 3.84. The summed E-state index contributed by atoms with van der Waals surface area (Å²) in [5, 5.41) is 8.92. The zero-order chi connectivity index (χ0) is 12.4. The summed E-state index contributed by atoms with van der Waals surface area (Å²) in [6.07, 6.45) is 0. The fourth-order valence-corrected chi connectivity index (χ4v) is 1.66. The van der Waals surface area contributed by atoms with E-state index in [0.717, 1.165) is 11.1 Å². The van der Waals surface area contributed by atoms with E-state index in [0.29, 0.717) is 11.4 Å². The summed E-state index contributed by atoms with van der Waals surface area (Å²) < 4.78 is 0. The van der Waals surface area contributed by atoms with Gasteiger partial charge in [-0.05, 0) is 25.5 Å². The molecule has 0 saturated heterocycles. The number of hydrogen-bond donors (Lipinski definition) is 1. The third-order valence-electron chi connectivity index (χ3n) is 2.47. The van der Waals surface area contributed by atoms with Crippen LogP contribution in [0.5, 0.6) is 0 Å². The van der Waals surface area contributed by atoms with Gasteiger partial charge in [0.25, 0.3) is 0 Å². The lowest BCUT2D eigenvalue weighted by atomic mass is 10.1. The first-order chi connectivity index (χ1) is 8.08. The Labute approximate surface area is 99.0 Å². The van der Waals surface area contributed by atoms with Gasteiger partial charge in [0, 0.05) is 11.3 Å². The molecule has 4 nitrogen and oxygen atoms in total. The van der Waals surface area contributed by atoms with Crippen LogP contribution in [-0.2, 0) is 0 Å². The van der Waals surface area contributed by atoms with Crippen LogP contribution in [0.25, 0.3) is 11.3 Å². The number of aromatic carboxylic acids is 1. The van der Waals surface area contributed by atoms with Gasteiger partial charge in [0.15, 0.2) is 0 Å². The Balaban J connectivity index is 2.60. The van der Waals surface area contributed by atoms with Crippen LogP contribution in [0.4, 0.5) is 0 Å². The molecule has 1 heterocycles. The molecule has 0 saturated carbocycles. The minimum atomic E-state index is -1.11. The lowest BCUT2D eigenvalue weighted by Gasteiger charge is -2.06. The number of aryl methyl sites for hydroxylation is 2. The van der Waals surface area contributed by atoms with Gasteiger partial charge in [0.05, 0.1) is 5.69 Å². The summed E-state index contributed by atoms with van der Waals surface area (Å²) in [4.78, 5) is 18.8. The van der Waals surface area contributed by atoms with Crippen LogP contribution in [-0.4, -0.2) is 21.0 Å². The summed E-state index contributed by atoms with van der Waals surface area (Å²) in [6, 6.07) is 9.51. The van der Waals surface area contributed by atoms with Crippen molar-refractivity contribution >= 4 is 5.97 Å². The summed E-state index contributed by atoms with van der Waals surface area (Å²) in [5.41, 5.74) is 3.28. The highest BCUT2D eigenvalue weighted by Crippen LogP contribution is 2.21. The monoisotopic (exact) mass is 228 g/mol. The van der Waals surface area contributed by atoms with Gasteiger partial charge >= 0.3 is 5.97 Å². The Morgan fingerprint density at radius 3 is 2.53 bits per heavy atom. The molecule has 1 aromatic heterocycles. The van der Waals surface area contributed by atoms with Gasteiger partial charge in [-0.2, -0.15) is 0 Å². The first-order valence-corrected chi connectivity index (χ1v) is 5.23. The number of carbonyl (C=O) groups is 1. The van der Waals surface area contributed by atoms with E-state index in [9.17, 15) is 4.79 Å². The highest BCUT2D eigenvalue weighted by molar-refractivity contribution is 5.84. The van der Waals surface area contributed by atoms with E-state index in [2.05, 4.69) is 9.97 Å². The van der Waals surface area contributed by atoms with E-state index >= 15 is 0 Å². The molecule has 0 bridgehead atoms. The first kappa shape index (κ1) is 11.3. The lowest BCUT2D eigenvalue weighted by Crippen LogP contribution is -2.06. The molecule has 0 fully saturated rings. The molecule has 2 rings (SSSR count). The van der Waals surface area contributed by atoms with E-state index in [1.165, 1.54) is 0 Å². The van der Waals surface area contributed by atoms with Crippen LogP contribution >= 0.6 is 0 Å². The molecule has 17 heavy (non-hydrogen) atoms. The molecule has 0 aliphatic heterocycles. The maximum atomic E-state index is 10.9. The second-order valence-corrected chi connectivity index (χ2v) is 3.84. The predicted octanol–water partition coefficient (Wildman–Crippen LogP) is 2.46. The normalized spacial score (nSPS) is 10.2. The smallest absolute Gasteiger partial charge is 0.373 e. The quantitative estimate of drug-likeness (QED) is 0.857. The Morgan fingerprint density at radius 1 is 1.18 bits per heavy atom. The van der Waals surface area contributed by atoms with E-state index in [4.69, 9.17) is 5.11 Å². The van der Waals surface area contributed by atoms with Crippen molar-refractivity contribution in [1.82, 2.24) is 9.97 Å². The van der Waals surface area contributed by atoms with E-state index in [-0.39, 0.29) is 5.82 Å². The van der Waals surface area contributed by atoms with Crippen LogP contribution in [0, 0.1) is 13.8 Å². The number of benzene rings is 1. The van der Waals surface area contributed by atoms with Crippen molar-refractivity contribution < 1.29 is 9.90 Å². The average Bonchev–Trinajstić information content (AvgIpc) is 2.28. The van der Waals surface area contributed by atoms with Crippen LogP contribution in [0.3, 0.4) is 0 Å². The fraction of sp³-hybridized carbons (Fsp3) is 0.154. The van der Waals surface area contributed by atoms with Gasteiger partial charge in [0.2, 0.25) is 5.82 Å². The molecule has 86 valence electrons. The molecule has 1 N–H and O–H groups in total. The number of hydrogen-bond acceptors (Lipinski definition) is 3. The number of aromatic nitrogens is 2. The topological polar surface area (TPSA) is 63.1 Å².